The van der Waals surface area contributed by atoms with Crippen LogP contribution < -0.4 is 5.32 Å². The molecular formula is C12H25NO4. The zero-order valence-electron chi connectivity index (χ0n) is 11.3. The maximum atomic E-state index is 11.0. The minimum Gasteiger partial charge on any atom is -0.480 e. The smallest absolute Gasteiger partial charge is 0.326 e. The summed E-state index contributed by atoms with van der Waals surface area (Å²) in [6, 6.07) is 0. The van der Waals surface area contributed by atoms with Crippen LogP contribution in [0.2, 0.25) is 0 Å². The van der Waals surface area contributed by atoms with Crippen LogP contribution in [0.3, 0.4) is 0 Å². The van der Waals surface area contributed by atoms with Gasteiger partial charge in [0.15, 0.2) is 0 Å². The summed E-state index contributed by atoms with van der Waals surface area (Å²) in [4.78, 5) is 11.0. The van der Waals surface area contributed by atoms with Gasteiger partial charge in [0.05, 0.1) is 13.2 Å². The van der Waals surface area contributed by atoms with Gasteiger partial charge >= 0.3 is 5.97 Å². The van der Waals surface area contributed by atoms with E-state index in [1.807, 2.05) is 0 Å². The molecule has 0 saturated carbocycles. The lowest BCUT2D eigenvalue weighted by Crippen LogP contribution is -2.53. The number of carboxylic acid groups (broad SMARTS) is 1. The molecule has 0 fully saturated rings. The van der Waals surface area contributed by atoms with Crippen molar-refractivity contribution < 1.29 is 19.4 Å². The van der Waals surface area contributed by atoms with Crippen LogP contribution in [-0.2, 0) is 14.3 Å². The molecule has 5 nitrogen and oxygen atoms in total. The number of nitrogens with one attached hydrogen (secondary N) is 1. The number of ether oxygens (including phenoxy) is 2. The summed E-state index contributed by atoms with van der Waals surface area (Å²) >= 11 is 0. The summed E-state index contributed by atoms with van der Waals surface area (Å²) in [5.74, 6) is -0.290. The van der Waals surface area contributed by atoms with Gasteiger partial charge in [-0.1, -0.05) is 13.8 Å². The Hall–Kier alpha value is -0.650. The highest BCUT2D eigenvalue weighted by atomic mass is 16.5. The van der Waals surface area contributed by atoms with Crippen LogP contribution in [0, 0.1) is 5.92 Å². The largest absolute Gasteiger partial charge is 0.480 e. The van der Waals surface area contributed by atoms with Crippen LogP contribution in [0.15, 0.2) is 0 Å². The van der Waals surface area contributed by atoms with Gasteiger partial charge in [0.25, 0.3) is 0 Å². The first kappa shape index (κ1) is 16.4. The molecule has 5 heteroatoms. The first-order valence-corrected chi connectivity index (χ1v) is 5.97. The fourth-order valence-corrected chi connectivity index (χ4v) is 1.30. The third kappa shape index (κ3) is 7.31. The highest BCUT2D eigenvalue weighted by molar-refractivity contribution is 5.78. The Morgan fingerprint density at radius 1 is 1.41 bits per heavy atom. The quantitative estimate of drug-likeness (QED) is 0.566. The topological polar surface area (TPSA) is 67.8 Å². The summed E-state index contributed by atoms with van der Waals surface area (Å²) in [6.45, 7) is 7.75. The van der Waals surface area contributed by atoms with E-state index in [2.05, 4.69) is 19.2 Å². The Labute approximate surface area is 103 Å². The van der Waals surface area contributed by atoms with Crippen LogP contribution in [0.1, 0.15) is 27.2 Å². The van der Waals surface area contributed by atoms with Crippen molar-refractivity contribution in [2.75, 3.05) is 33.5 Å². The van der Waals surface area contributed by atoms with E-state index < -0.39 is 11.5 Å². The van der Waals surface area contributed by atoms with Crippen LogP contribution >= 0.6 is 0 Å². The maximum absolute atomic E-state index is 11.0. The summed E-state index contributed by atoms with van der Waals surface area (Å²) in [5, 5.41) is 12.0. The molecule has 0 aliphatic rings. The lowest BCUT2D eigenvalue weighted by atomic mass is 10.0. The van der Waals surface area contributed by atoms with Gasteiger partial charge in [-0.05, 0) is 19.3 Å². The van der Waals surface area contributed by atoms with E-state index in [-0.39, 0.29) is 6.61 Å². The molecule has 0 spiro atoms. The van der Waals surface area contributed by atoms with E-state index in [4.69, 9.17) is 14.6 Å². The Morgan fingerprint density at radius 3 is 2.53 bits per heavy atom. The molecule has 0 aromatic rings. The summed E-state index contributed by atoms with van der Waals surface area (Å²) in [6.07, 6.45) is 1.02. The number of carbonyl (C=O) groups is 1. The lowest BCUT2D eigenvalue weighted by Gasteiger charge is -2.25. The van der Waals surface area contributed by atoms with Gasteiger partial charge in [-0.3, -0.25) is 10.1 Å². The molecule has 0 rings (SSSR count). The molecule has 0 radical (unpaired) electrons. The van der Waals surface area contributed by atoms with Gasteiger partial charge < -0.3 is 14.6 Å². The van der Waals surface area contributed by atoms with Crippen LogP contribution in [0.25, 0.3) is 0 Å². The van der Waals surface area contributed by atoms with Gasteiger partial charge in [0, 0.05) is 20.3 Å². The van der Waals surface area contributed by atoms with Gasteiger partial charge in [0.1, 0.15) is 5.54 Å². The average molecular weight is 247 g/mol. The first-order valence-electron chi connectivity index (χ1n) is 5.97. The number of carboxylic acids is 1. The van der Waals surface area contributed by atoms with Crippen LogP contribution in [0.5, 0.6) is 0 Å². The van der Waals surface area contributed by atoms with E-state index in [1.165, 1.54) is 7.11 Å². The number of hydrogen-bond acceptors (Lipinski definition) is 4. The number of rotatable bonds is 10. The molecule has 0 saturated heterocycles. The van der Waals surface area contributed by atoms with Crippen LogP contribution in [0.4, 0.5) is 0 Å². The van der Waals surface area contributed by atoms with Gasteiger partial charge in [-0.15, -0.1) is 0 Å². The Morgan fingerprint density at radius 2 is 2.06 bits per heavy atom. The molecule has 0 aromatic carbocycles. The van der Waals surface area contributed by atoms with E-state index >= 15 is 0 Å². The molecule has 0 heterocycles. The number of hydrogen-bond donors (Lipinski definition) is 2. The molecule has 0 aliphatic heterocycles. The van der Waals surface area contributed by atoms with Gasteiger partial charge in [0.2, 0.25) is 0 Å². The zero-order chi connectivity index (χ0) is 13.3. The standard InChI is InChI=1S/C12H25NO4/c1-10(2)5-7-17-8-6-13-12(3,9-16-4)11(14)15/h10,13H,5-9H2,1-4H3,(H,14,15). The van der Waals surface area contributed by atoms with Crippen molar-refractivity contribution in [1.82, 2.24) is 5.32 Å². The highest BCUT2D eigenvalue weighted by Gasteiger charge is 2.32. The van der Waals surface area contributed by atoms with Gasteiger partial charge in [-0.25, -0.2) is 0 Å². The fraction of sp³-hybridized carbons (Fsp3) is 0.917. The Bertz CT molecular complexity index is 221. The second-order valence-electron chi connectivity index (χ2n) is 4.79. The Balaban J connectivity index is 3.73. The second-order valence-corrected chi connectivity index (χ2v) is 4.79. The first-order chi connectivity index (χ1) is 7.92. The van der Waals surface area contributed by atoms with Crippen molar-refractivity contribution in [3.05, 3.63) is 0 Å². The molecular weight excluding hydrogens is 222 g/mol. The van der Waals surface area contributed by atoms with Crippen molar-refractivity contribution in [2.24, 2.45) is 5.92 Å². The molecule has 1 unspecified atom stereocenters. The maximum Gasteiger partial charge on any atom is 0.326 e. The van der Waals surface area contributed by atoms with Crippen molar-refractivity contribution in [3.63, 3.8) is 0 Å². The molecule has 2 N–H and O–H groups in total. The number of aliphatic carboxylic acids is 1. The second kappa shape index (κ2) is 8.44. The molecule has 0 aromatic heterocycles. The molecule has 102 valence electrons. The van der Waals surface area contributed by atoms with Crippen molar-refractivity contribution in [2.45, 2.75) is 32.7 Å². The SMILES string of the molecule is COCC(C)(NCCOCCC(C)C)C(=O)O. The predicted octanol–water partition coefficient (Wildman–Crippen LogP) is 1.13. The summed E-state index contributed by atoms with van der Waals surface area (Å²) in [5.41, 5.74) is -1.05. The third-order valence-corrected chi connectivity index (χ3v) is 2.51. The Kier molecular flexibility index (Phi) is 8.12. The van der Waals surface area contributed by atoms with Crippen LogP contribution in [-0.4, -0.2) is 50.1 Å². The third-order valence-electron chi connectivity index (χ3n) is 2.51. The number of methoxy groups -OCH3 is 1. The predicted molar refractivity (Wildman–Crippen MR) is 66.2 cm³/mol. The monoisotopic (exact) mass is 247 g/mol. The van der Waals surface area contributed by atoms with Gasteiger partial charge in [-0.2, -0.15) is 0 Å². The van der Waals surface area contributed by atoms with Crippen molar-refractivity contribution >= 4 is 5.97 Å². The van der Waals surface area contributed by atoms with E-state index in [0.29, 0.717) is 25.7 Å². The van der Waals surface area contributed by atoms with Crippen molar-refractivity contribution in [3.8, 4) is 0 Å². The molecule has 0 amide bonds. The molecule has 1 atom stereocenters. The summed E-state index contributed by atoms with van der Waals surface area (Å²) < 4.78 is 10.3. The highest BCUT2D eigenvalue weighted by Crippen LogP contribution is 2.04. The van der Waals surface area contributed by atoms with E-state index in [1.54, 1.807) is 6.92 Å². The zero-order valence-corrected chi connectivity index (χ0v) is 11.3. The van der Waals surface area contributed by atoms with E-state index in [9.17, 15) is 4.79 Å². The van der Waals surface area contributed by atoms with Crippen molar-refractivity contribution in [1.29, 1.82) is 0 Å². The molecule has 0 bridgehead atoms. The lowest BCUT2D eigenvalue weighted by molar-refractivity contribution is -0.146. The van der Waals surface area contributed by atoms with E-state index in [0.717, 1.165) is 6.42 Å². The summed E-state index contributed by atoms with van der Waals surface area (Å²) in [7, 11) is 1.49. The minimum atomic E-state index is -1.05. The normalized spacial score (nSPS) is 14.9. The molecule has 0 aliphatic carbocycles. The molecule has 17 heavy (non-hydrogen) atoms. The fourth-order valence-electron chi connectivity index (χ4n) is 1.30. The minimum absolute atomic E-state index is 0.133. The average Bonchev–Trinajstić information content (AvgIpc) is 2.23.